The molecule has 0 saturated heterocycles. The van der Waals surface area contributed by atoms with Gasteiger partial charge in [-0.2, -0.15) is 0 Å². The van der Waals surface area contributed by atoms with E-state index in [9.17, 15) is 9.18 Å². The normalized spacial score (nSPS) is 11.0. The number of hydrogen-bond acceptors (Lipinski definition) is 4. The molecule has 0 radical (unpaired) electrons. The minimum absolute atomic E-state index is 0.0950. The van der Waals surface area contributed by atoms with Crippen LogP contribution in [0.15, 0.2) is 72.0 Å². The van der Waals surface area contributed by atoms with Gasteiger partial charge in [0.05, 0.1) is 5.52 Å². The molecule has 4 rings (SSSR count). The molecule has 0 aliphatic rings. The lowest BCUT2D eigenvalue weighted by atomic mass is 10.1. The molecule has 0 aliphatic carbocycles. The fraction of sp³-hybridized carbons (Fsp3) is 0.174. The number of amides is 1. The molecule has 1 amide bonds. The molecule has 4 aromatic rings. The maximum atomic E-state index is 13.1. The summed E-state index contributed by atoms with van der Waals surface area (Å²) in [6, 6.07) is 18.2. The van der Waals surface area contributed by atoms with Crippen LogP contribution >= 0.6 is 11.8 Å². The molecule has 1 N–H and O–H groups in total. The van der Waals surface area contributed by atoms with E-state index in [-0.39, 0.29) is 18.3 Å². The molecule has 2 aromatic carbocycles. The number of rotatable bonds is 7. The van der Waals surface area contributed by atoms with Crippen molar-refractivity contribution in [1.82, 2.24) is 19.9 Å². The lowest BCUT2D eigenvalue weighted by Crippen LogP contribution is -2.27. The van der Waals surface area contributed by atoms with Gasteiger partial charge in [-0.1, -0.05) is 53.7 Å². The van der Waals surface area contributed by atoms with Gasteiger partial charge in [-0.05, 0) is 42.3 Å². The summed E-state index contributed by atoms with van der Waals surface area (Å²) in [5.74, 6) is 0.266. The van der Waals surface area contributed by atoms with Gasteiger partial charge in [-0.25, -0.2) is 14.4 Å². The number of benzene rings is 2. The molecular formula is C23H21FN4OS. The molecule has 30 heavy (non-hydrogen) atoms. The minimum atomic E-state index is -0.259. The number of thioether (sulfide) groups is 1. The average molecular weight is 421 g/mol. The summed E-state index contributed by atoms with van der Waals surface area (Å²) in [5, 5.41) is 3.68. The third kappa shape index (κ3) is 4.86. The predicted octanol–water partition coefficient (Wildman–Crippen LogP) is 4.49. The van der Waals surface area contributed by atoms with E-state index in [1.165, 1.54) is 29.5 Å². The third-order valence-corrected chi connectivity index (χ3v) is 5.73. The van der Waals surface area contributed by atoms with E-state index in [1.54, 1.807) is 18.3 Å². The Morgan fingerprint density at radius 2 is 1.80 bits per heavy atom. The highest BCUT2D eigenvalue weighted by Crippen LogP contribution is 2.26. The van der Waals surface area contributed by atoms with E-state index in [4.69, 9.17) is 0 Å². The van der Waals surface area contributed by atoms with E-state index in [2.05, 4.69) is 15.3 Å². The second-order valence-electron chi connectivity index (χ2n) is 7.00. The van der Waals surface area contributed by atoms with Crippen LogP contribution in [-0.2, 0) is 23.6 Å². The van der Waals surface area contributed by atoms with Crippen molar-refractivity contribution in [3.05, 3.63) is 89.4 Å². The van der Waals surface area contributed by atoms with Crippen LogP contribution in [0.5, 0.6) is 0 Å². The average Bonchev–Trinajstić information content (AvgIpc) is 3.10. The van der Waals surface area contributed by atoms with Gasteiger partial charge in [0.25, 0.3) is 0 Å². The van der Waals surface area contributed by atoms with E-state index >= 15 is 0 Å². The van der Waals surface area contributed by atoms with Gasteiger partial charge in [0, 0.05) is 18.5 Å². The van der Waals surface area contributed by atoms with Crippen molar-refractivity contribution < 1.29 is 9.18 Å². The fourth-order valence-corrected chi connectivity index (χ4v) is 3.99. The van der Waals surface area contributed by atoms with Gasteiger partial charge in [0.15, 0.2) is 10.8 Å². The van der Waals surface area contributed by atoms with Crippen LogP contribution in [0.4, 0.5) is 4.39 Å². The Labute approximate surface area is 178 Å². The molecular weight excluding hydrogens is 399 g/mol. The zero-order valence-electron chi connectivity index (χ0n) is 16.5. The zero-order valence-corrected chi connectivity index (χ0v) is 17.3. The SMILES string of the molecule is Cc1ccc(CNC(=O)Cn2c(SCc3ccc(F)cc3)nc3ncccc32)cc1. The maximum Gasteiger partial charge on any atom is 0.240 e. The summed E-state index contributed by atoms with van der Waals surface area (Å²) >= 11 is 1.50. The van der Waals surface area contributed by atoms with Crippen molar-refractivity contribution in [2.24, 2.45) is 0 Å². The van der Waals surface area contributed by atoms with Crippen molar-refractivity contribution in [1.29, 1.82) is 0 Å². The van der Waals surface area contributed by atoms with Crippen LogP contribution in [0.3, 0.4) is 0 Å². The van der Waals surface area contributed by atoms with Crippen LogP contribution in [0.2, 0.25) is 0 Å². The highest BCUT2D eigenvalue weighted by molar-refractivity contribution is 7.98. The summed E-state index contributed by atoms with van der Waals surface area (Å²) in [4.78, 5) is 21.5. The van der Waals surface area contributed by atoms with E-state index in [1.807, 2.05) is 47.9 Å². The molecule has 0 bridgehead atoms. The number of imidazole rings is 1. The van der Waals surface area contributed by atoms with Crippen LogP contribution < -0.4 is 5.32 Å². The molecule has 2 aromatic heterocycles. The Kier molecular flexibility index (Phi) is 6.09. The molecule has 0 aliphatic heterocycles. The van der Waals surface area contributed by atoms with Crippen LogP contribution in [0, 0.1) is 12.7 Å². The first-order valence-corrected chi connectivity index (χ1v) is 10.6. The van der Waals surface area contributed by atoms with Crippen molar-refractivity contribution in [2.45, 2.75) is 30.9 Å². The lowest BCUT2D eigenvalue weighted by molar-refractivity contribution is -0.121. The highest BCUT2D eigenvalue weighted by atomic mass is 32.2. The van der Waals surface area contributed by atoms with Crippen LogP contribution in [-0.4, -0.2) is 20.4 Å². The number of nitrogens with one attached hydrogen (secondary N) is 1. The summed E-state index contributed by atoms with van der Waals surface area (Å²) in [6.45, 7) is 2.66. The second kappa shape index (κ2) is 9.09. The summed E-state index contributed by atoms with van der Waals surface area (Å²) in [5.41, 5.74) is 4.63. The molecule has 7 heteroatoms. The smallest absolute Gasteiger partial charge is 0.240 e. The van der Waals surface area contributed by atoms with Crippen LogP contribution in [0.1, 0.15) is 16.7 Å². The Balaban J connectivity index is 1.48. The molecule has 0 unspecified atom stereocenters. The second-order valence-corrected chi connectivity index (χ2v) is 7.95. The zero-order chi connectivity index (χ0) is 20.9. The maximum absolute atomic E-state index is 13.1. The molecule has 0 saturated carbocycles. The third-order valence-electron chi connectivity index (χ3n) is 4.68. The van der Waals surface area contributed by atoms with Crippen LogP contribution in [0.25, 0.3) is 11.2 Å². The van der Waals surface area contributed by atoms with Crippen molar-refractivity contribution in [2.75, 3.05) is 0 Å². The number of halogens is 1. The Hall–Kier alpha value is -3.19. The minimum Gasteiger partial charge on any atom is -0.350 e. The molecule has 0 spiro atoms. The topological polar surface area (TPSA) is 59.8 Å². The van der Waals surface area contributed by atoms with Gasteiger partial charge < -0.3 is 9.88 Å². The Morgan fingerprint density at radius 3 is 2.57 bits per heavy atom. The van der Waals surface area contributed by atoms with E-state index in [0.717, 1.165) is 16.6 Å². The van der Waals surface area contributed by atoms with Crippen molar-refractivity contribution in [3.63, 3.8) is 0 Å². The molecule has 0 fully saturated rings. The molecule has 2 heterocycles. The van der Waals surface area contributed by atoms with E-state index in [0.29, 0.717) is 23.1 Å². The van der Waals surface area contributed by atoms with Gasteiger partial charge in [-0.3, -0.25) is 4.79 Å². The first kappa shape index (κ1) is 20.1. The molecule has 5 nitrogen and oxygen atoms in total. The van der Waals surface area contributed by atoms with Crippen molar-refractivity contribution >= 4 is 28.8 Å². The lowest BCUT2D eigenvalue weighted by Gasteiger charge is -2.10. The van der Waals surface area contributed by atoms with Gasteiger partial charge in [0.2, 0.25) is 5.91 Å². The predicted molar refractivity (Wildman–Crippen MR) is 117 cm³/mol. The highest BCUT2D eigenvalue weighted by Gasteiger charge is 2.15. The number of aryl methyl sites for hydroxylation is 1. The number of fused-ring (bicyclic) bond motifs is 1. The standard InChI is InChI=1S/C23H21FN4OS/c1-16-4-6-17(7-5-16)13-26-21(29)14-28-20-3-2-12-25-22(20)27-23(28)30-15-18-8-10-19(24)11-9-18/h2-12H,13-15H2,1H3,(H,26,29). The first-order valence-electron chi connectivity index (χ1n) is 9.59. The monoisotopic (exact) mass is 420 g/mol. The van der Waals surface area contributed by atoms with E-state index < -0.39 is 0 Å². The Bertz CT molecular complexity index is 1160. The quantitative estimate of drug-likeness (QED) is 0.448. The largest absolute Gasteiger partial charge is 0.350 e. The first-order chi connectivity index (χ1) is 14.6. The number of carbonyl (C=O) groups excluding carboxylic acids is 1. The number of aromatic nitrogens is 3. The Morgan fingerprint density at radius 1 is 1.07 bits per heavy atom. The number of pyridine rings is 1. The number of hydrogen-bond donors (Lipinski definition) is 1. The van der Waals surface area contributed by atoms with Gasteiger partial charge in [-0.15, -0.1) is 0 Å². The van der Waals surface area contributed by atoms with Crippen molar-refractivity contribution in [3.8, 4) is 0 Å². The molecule has 152 valence electrons. The summed E-state index contributed by atoms with van der Waals surface area (Å²) in [7, 11) is 0. The number of carbonyl (C=O) groups is 1. The van der Waals surface area contributed by atoms with Gasteiger partial charge >= 0.3 is 0 Å². The summed E-state index contributed by atoms with van der Waals surface area (Å²) < 4.78 is 15.0. The fourth-order valence-electron chi connectivity index (χ4n) is 3.04. The summed E-state index contributed by atoms with van der Waals surface area (Å²) in [6.07, 6.45) is 1.69. The molecule has 0 atom stereocenters. The number of nitrogens with zero attached hydrogens (tertiary/aromatic N) is 3. The van der Waals surface area contributed by atoms with Gasteiger partial charge in [0.1, 0.15) is 12.4 Å².